The van der Waals surface area contributed by atoms with Gasteiger partial charge in [0.15, 0.2) is 5.03 Å². The summed E-state index contributed by atoms with van der Waals surface area (Å²) < 4.78 is 21.6. The lowest BCUT2D eigenvalue weighted by atomic mass is 10.1. The van der Waals surface area contributed by atoms with Crippen molar-refractivity contribution in [1.29, 1.82) is 0 Å². The van der Waals surface area contributed by atoms with Gasteiger partial charge in [0.1, 0.15) is 5.82 Å². The molecule has 0 amide bonds. The van der Waals surface area contributed by atoms with E-state index in [1.54, 1.807) is 6.20 Å². The third kappa shape index (κ3) is 1.53. The second-order valence-corrected chi connectivity index (χ2v) is 4.31. The highest BCUT2D eigenvalue weighted by atomic mass is 32.2. The van der Waals surface area contributed by atoms with Gasteiger partial charge in [-0.3, -0.25) is 0 Å². The van der Waals surface area contributed by atoms with Crippen LogP contribution in [-0.4, -0.2) is 18.3 Å². The minimum absolute atomic E-state index is 0.281. The SMILES string of the molecule is CC1CCCc2nc(S(=O)O)cn21. The number of aryl methyl sites for hydroxylation is 1. The Hall–Kier alpha value is -0.680. The topological polar surface area (TPSA) is 55.1 Å². The molecule has 1 aromatic rings. The number of hydrogen-bond donors (Lipinski definition) is 1. The van der Waals surface area contributed by atoms with Gasteiger partial charge in [-0.05, 0) is 19.8 Å². The molecule has 1 aromatic heterocycles. The number of rotatable bonds is 1. The van der Waals surface area contributed by atoms with Crippen molar-refractivity contribution in [2.45, 2.75) is 37.3 Å². The molecule has 4 nitrogen and oxygen atoms in total. The average molecular weight is 200 g/mol. The minimum Gasteiger partial charge on any atom is -0.331 e. The molecule has 0 saturated heterocycles. The first-order chi connectivity index (χ1) is 6.18. The highest BCUT2D eigenvalue weighted by molar-refractivity contribution is 7.79. The minimum atomic E-state index is -1.94. The maximum atomic E-state index is 10.8. The summed E-state index contributed by atoms with van der Waals surface area (Å²) in [5.74, 6) is 0.941. The predicted octanol–water partition coefficient (Wildman–Crippen LogP) is 1.36. The summed E-state index contributed by atoms with van der Waals surface area (Å²) in [4.78, 5) is 4.11. The van der Waals surface area contributed by atoms with Gasteiger partial charge < -0.3 is 9.12 Å². The zero-order chi connectivity index (χ0) is 9.42. The summed E-state index contributed by atoms with van der Waals surface area (Å²) in [5, 5.41) is 0.281. The molecule has 2 rings (SSSR count). The molecule has 2 unspecified atom stereocenters. The molecule has 0 spiro atoms. The van der Waals surface area contributed by atoms with Gasteiger partial charge in [0, 0.05) is 18.7 Å². The van der Waals surface area contributed by atoms with Gasteiger partial charge in [-0.1, -0.05) is 0 Å². The van der Waals surface area contributed by atoms with Crippen molar-refractivity contribution >= 4 is 11.1 Å². The molecular weight excluding hydrogens is 188 g/mol. The fraction of sp³-hybridized carbons (Fsp3) is 0.625. The summed E-state index contributed by atoms with van der Waals surface area (Å²) >= 11 is -1.94. The summed E-state index contributed by atoms with van der Waals surface area (Å²) in [5.41, 5.74) is 0. The fourth-order valence-corrected chi connectivity index (χ4v) is 2.14. The van der Waals surface area contributed by atoms with Crippen molar-refractivity contribution in [1.82, 2.24) is 9.55 Å². The summed E-state index contributed by atoms with van der Waals surface area (Å²) in [6.45, 7) is 2.11. The lowest BCUT2D eigenvalue weighted by Crippen LogP contribution is -2.14. The predicted molar refractivity (Wildman–Crippen MR) is 48.9 cm³/mol. The summed E-state index contributed by atoms with van der Waals surface area (Å²) in [7, 11) is 0. The van der Waals surface area contributed by atoms with Gasteiger partial charge in [-0.15, -0.1) is 0 Å². The molecule has 1 aliphatic rings. The quantitative estimate of drug-likeness (QED) is 0.696. The maximum absolute atomic E-state index is 10.8. The molecule has 1 aliphatic heterocycles. The second kappa shape index (κ2) is 3.23. The standard InChI is InChI=1S/C8H12N2O2S/c1-6-3-2-4-7-9-8(13(11)12)5-10(6)7/h5-6H,2-4H2,1H3,(H,11,12). The molecule has 2 heterocycles. The summed E-state index contributed by atoms with van der Waals surface area (Å²) in [6.07, 6.45) is 4.85. The molecule has 5 heteroatoms. The Balaban J connectivity index is 2.42. The third-order valence-electron chi connectivity index (χ3n) is 2.46. The van der Waals surface area contributed by atoms with E-state index in [0.717, 1.165) is 25.1 Å². The molecule has 72 valence electrons. The van der Waals surface area contributed by atoms with Crippen molar-refractivity contribution in [3.8, 4) is 0 Å². The average Bonchev–Trinajstić information content (AvgIpc) is 2.49. The number of aromatic nitrogens is 2. The molecule has 0 radical (unpaired) electrons. The first-order valence-electron chi connectivity index (χ1n) is 4.37. The maximum Gasteiger partial charge on any atom is 0.207 e. The molecule has 0 bridgehead atoms. The van der Waals surface area contributed by atoms with E-state index >= 15 is 0 Å². The monoisotopic (exact) mass is 200 g/mol. The van der Waals surface area contributed by atoms with Gasteiger partial charge in [0.25, 0.3) is 0 Å². The highest BCUT2D eigenvalue weighted by Crippen LogP contribution is 2.24. The normalized spacial score (nSPS) is 24.0. The van der Waals surface area contributed by atoms with Crippen molar-refractivity contribution in [2.75, 3.05) is 0 Å². The van der Waals surface area contributed by atoms with Crippen LogP contribution in [0.5, 0.6) is 0 Å². The van der Waals surface area contributed by atoms with Crippen LogP contribution in [0, 0.1) is 0 Å². The number of fused-ring (bicyclic) bond motifs is 1. The molecular formula is C8H12N2O2S. The van der Waals surface area contributed by atoms with E-state index in [-0.39, 0.29) is 5.03 Å². The largest absolute Gasteiger partial charge is 0.331 e. The Morgan fingerprint density at radius 3 is 3.15 bits per heavy atom. The van der Waals surface area contributed by atoms with Gasteiger partial charge in [0.2, 0.25) is 11.1 Å². The van der Waals surface area contributed by atoms with Crippen LogP contribution in [0.25, 0.3) is 0 Å². The lowest BCUT2D eigenvalue weighted by molar-refractivity contribution is 0.425. The summed E-state index contributed by atoms with van der Waals surface area (Å²) in [6, 6.07) is 0.411. The Bertz CT molecular complexity index is 348. The van der Waals surface area contributed by atoms with Crippen LogP contribution in [0.3, 0.4) is 0 Å². The fourth-order valence-electron chi connectivity index (χ4n) is 1.75. The molecule has 0 fully saturated rings. The first-order valence-corrected chi connectivity index (χ1v) is 5.48. The molecule has 0 aromatic carbocycles. The van der Waals surface area contributed by atoms with Gasteiger partial charge in [0.05, 0.1) is 0 Å². The van der Waals surface area contributed by atoms with Crippen molar-refractivity contribution in [3.05, 3.63) is 12.0 Å². The van der Waals surface area contributed by atoms with Crippen LogP contribution >= 0.6 is 0 Å². The van der Waals surface area contributed by atoms with Gasteiger partial charge in [-0.25, -0.2) is 9.19 Å². The van der Waals surface area contributed by atoms with E-state index < -0.39 is 11.1 Å². The van der Waals surface area contributed by atoms with Crippen LogP contribution in [0.4, 0.5) is 0 Å². The Kier molecular flexibility index (Phi) is 2.21. The zero-order valence-corrected chi connectivity index (χ0v) is 8.25. The van der Waals surface area contributed by atoms with Crippen LogP contribution in [0.2, 0.25) is 0 Å². The van der Waals surface area contributed by atoms with E-state index in [1.165, 1.54) is 0 Å². The Morgan fingerprint density at radius 1 is 1.77 bits per heavy atom. The smallest absolute Gasteiger partial charge is 0.207 e. The molecule has 1 N–H and O–H groups in total. The molecule has 0 aliphatic carbocycles. The Labute approximate surface area is 79.3 Å². The Morgan fingerprint density at radius 2 is 2.54 bits per heavy atom. The molecule has 2 atom stereocenters. The van der Waals surface area contributed by atoms with Crippen molar-refractivity contribution in [3.63, 3.8) is 0 Å². The van der Waals surface area contributed by atoms with E-state index in [2.05, 4.69) is 11.9 Å². The third-order valence-corrected chi connectivity index (χ3v) is 3.02. The number of imidazole rings is 1. The van der Waals surface area contributed by atoms with Crippen LogP contribution < -0.4 is 0 Å². The second-order valence-electron chi connectivity index (χ2n) is 3.39. The van der Waals surface area contributed by atoms with Crippen molar-refractivity contribution < 1.29 is 8.76 Å². The van der Waals surface area contributed by atoms with Gasteiger partial charge in [-0.2, -0.15) is 0 Å². The van der Waals surface area contributed by atoms with Crippen LogP contribution in [0.15, 0.2) is 11.2 Å². The van der Waals surface area contributed by atoms with Crippen LogP contribution in [0.1, 0.15) is 31.6 Å². The van der Waals surface area contributed by atoms with Crippen molar-refractivity contribution in [2.24, 2.45) is 0 Å². The number of nitrogens with zero attached hydrogens (tertiary/aromatic N) is 2. The van der Waals surface area contributed by atoms with E-state index in [1.807, 2.05) is 4.57 Å². The van der Waals surface area contributed by atoms with E-state index in [0.29, 0.717) is 6.04 Å². The van der Waals surface area contributed by atoms with Crippen LogP contribution in [-0.2, 0) is 17.5 Å². The van der Waals surface area contributed by atoms with E-state index in [4.69, 9.17) is 4.55 Å². The zero-order valence-electron chi connectivity index (χ0n) is 7.43. The van der Waals surface area contributed by atoms with Gasteiger partial charge >= 0.3 is 0 Å². The first kappa shape index (κ1) is 8.90. The highest BCUT2D eigenvalue weighted by Gasteiger charge is 2.19. The molecule has 13 heavy (non-hydrogen) atoms. The molecule has 0 saturated carbocycles. The lowest BCUT2D eigenvalue weighted by Gasteiger charge is -2.20. The van der Waals surface area contributed by atoms with E-state index in [9.17, 15) is 4.21 Å². The number of hydrogen-bond acceptors (Lipinski definition) is 2.